The molecule has 0 saturated carbocycles. The molecule has 0 amide bonds. The monoisotopic (exact) mass is 310 g/mol. The molecular weight excluding hydrogens is 296 g/mol. The van der Waals surface area contributed by atoms with Crippen molar-refractivity contribution in [2.24, 2.45) is 0 Å². The highest BCUT2D eigenvalue weighted by molar-refractivity contribution is 7.92. The van der Waals surface area contributed by atoms with Gasteiger partial charge in [-0.25, -0.2) is 8.42 Å². The van der Waals surface area contributed by atoms with Crippen LogP contribution >= 0.6 is 0 Å². The van der Waals surface area contributed by atoms with E-state index in [0.717, 1.165) is 16.6 Å². The van der Waals surface area contributed by atoms with Gasteiger partial charge in [-0.05, 0) is 23.8 Å². The van der Waals surface area contributed by atoms with Crippen LogP contribution in [-0.4, -0.2) is 18.8 Å². The largest absolute Gasteiger partial charge is 0.368 e. The van der Waals surface area contributed by atoms with Gasteiger partial charge in [0.15, 0.2) is 0 Å². The lowest BCUT2D eigenvalue weighted by Crippen LogP contribution is -2.27. The maximum Gasteiger partial charge on any atom is 0.201 e. The van der Waals surface area contributed by atoms with Gasteiger partial charge in [-0.3, -0.25) is 4.98 Å². The molecule has 1 aliphatic rings. The minimum Gasteiger partial charge on any atom is -0.368 e. The Bertz CT molecular complexity index is 937. The number of hydrogen-bond donors (Lipinski definition) is 1. The third kappa shape index (κ3) is 1.97. The first-order chi connectivity index (χ1) is 10.7. The summed E-state index contributed by atoms with van der Waals surface area (Å²) in [7, 11) is -3.51. The number of anilines is 1. The van der Waals surface area contributed by atoms with Crippen LogP contribution in [0.4, 0.5) is 5.69 Å². The number of aromatic nitrogens is 1. The Morgan fingerprint density at radius 3 is 2.68 bits per heavy atom. The predicted octanol–water partition coefficient (Wildman–Crippen LogP) is 3.00. The zero-order valence-corrected chi connectivity index (χ0v) is 12.5. The van der Waals surface area contributed by atoms with Gasteiger partial charge in [0.25, 0.3) is 0 Å². The fourth-order valence-corrected chi connectivity index (χ4v) is 4.61. The van der Waals surface area contributed by atoms with E-state index in [9.17, 15) is 8.42 Å². The number of pyridine rings is 1. The molecule has 1 N–H and O–H groups in total. The lowest BCUT2D eigenvalue weighted by Gasteiger charge is -2.14. The van der Waals surface area contributed by atoms with Crippen LogP contribution in [-0.2, 0) is 16.3 Å². The van der Waals surface area contributed by atoms with E-state index in [2.05, 4.69) is 10.3 Å². The molecule has 4 rings (SSSR count). The van der Waals surface area contributed by atoms with E-state index < -0.39 is 15.2 Å². The van der Waals surface area contributed by atoms with Gasteiger partial charge in [-0.2, -0.15) is 0 Å². The van der Waals surface area contributed by atoms with E-state index in [4.69, 9.17) is 0 Å². The van der Waals surface area contributed by atoms with Gasteiger partial charge in [0, 0.05) is 23.7 Å². The number of benzene rings is 2. The van der Waals surface area contributed by atoms with Crippen LogP contribution in [0.3, 0.4) is 0 Å². The summed E-state index contributed by atoms with van der Waals surface area (Å²) < 4.78 is 26.0. The molecule has 4 nitrogen and oxygen atoms in total. The van der Waals surface area contributed by atoms with E-state index in [1.165, 1.54) is 0 Å². The van der Waals surface area contributed by atoms with E-state index in [1.807, 2.05) is 42.5 Å². The van der Waals surface area contributed by atoms with Crippen LogP contribution in [0.5, 0.6) is 0 Å². The van der Waals surface area contributed by atoms with Crippen molar-refractivity contribution >= 4 is 26.4 Å². The van der Waals surface area contributed by atoms with Crippen LogP contribution in [0.2, 0.25) is 0 Å². The van der Waals surface area contributed by atoms with Crippen molar-refractivity contribution in [1.29, 1.82) is 0 Å². The van der Waals surface area contributed by atoms with Crippen molar-refractivity contribution in [3.8, 4) is 0 Å². The second kappa shape index (κ2) is 4.81. The quantitative estimate of drug-likeness (QED) is 0.790. The van der Waals surface area contributed by atoms with Gasteiger partial charge < -0.3 is 5.32 Å². The molecule has 0 aliphatic carbocycles. The zero-order chi connectivity index (χ0) is 15.2. The minimum atomic E-state index is -3.51. The van der Waals surface area contributed by atoms with Crippen molar-refractivity contribution in [2.75, 3.05) is 5.32 Å². The van der Waals surface area contributed by atoms with Gasteiger partial charge in [0.2, 0.25) is 9.84 Å². The summed E-state index contributed by atoms with van der Waals surface area (Å²) in [5.41, 5.74) is 2.45. The van der Waals surface area contributed by atoms with Gasteiger partial charge in [-0.15, -0.1) is 0 Å². The number of rotatable bonds is 2. The SMILES string of the molecule is O=S(=O)(c1cccc2cccnc12)C1Cc2ccccc2N1. The standard InChI is InChI=1S/C17H14N2O2S/c20-22(21,16-11-13-5-1-2-8-14(13)19-16)15-9-3-6-12-7-4-10-18-17(12)15/h1-10,16,19H,11H2. The Kier molecular flexibility index (Phi) is 2.90. The number of hydrogen-bond acceptors (Lipinski definition) is 4. The highest BCUT2D eigenvalue weighted by Gasteiger charge is 2.34. The summed E-state index contributed by atoms with van der Waals surface area (Å²) in [4.78, 5) is 4.55. The van der Waals surface area contributed by atoms with Crippen molar-refractivity contribution < 1.29 is 8.42 Å². The van der Waals surface area contributed by atoms with Gasteiger partial charge in [0.1, 0.15) is 5.37 Å². The Hall–Kier alpha value is -2.40. The maximum atomic E-state index is 13.0. The van der Waals surface area contributed by atoms with Crippen molar-refractivity contribution in [3.63, 3.8) is 0 Å². The smallest absolute Gasteiger partial charge is 0.201 e. The Morgan fingerprint density at radius 2 is 1.82 bits per heavy atom. The van der Waals surface area contributed by atoms with Crippen molar-refractivity contribution in [2.45, 2.75) is 16.7 Å². The summed E-state index contributed by atoms with van der Waals surface area (Å²) in [5.74, 6) is 0. The lowest BCUT2D eigenvalue weighted by molar-refractivity contribution is 0.587. The molecule has 0 saturated heterocycles. The Morgan fingerprint density at radius 1 is 1.00 bits per heavy atom. The molecule has 22 heavy (non-hydrogen) atoms. The first-order valence-electron chi connectivity index (χ1n) is 7.08. The number of fused-ring (bicyclic) bond motifs is 2. The molecule has 1 aliphatic heterocycles. The van der Waals surface area contributed by atoms with Gasteiger partial charge in [-0.1, -0.05) is 36.4 Å². The summed E-state index contributed by atoms with van der Waals surface area (Å²) in [6, 6.07) is 16.6. The summed E-state index contributed by atoms with van der Waals surface area (Å²) in [5, 5.41) is 3.31. The Balaban J connectivity index is 1.82. The van der Waals surface area contributed by atoms with E-state index in [0.29, 0.717) is 11.9 Å². The van der Waals surface area contributed by atoms with Crippen LogP contribution in [0.25, 0.3) is 10.9 Å². The maximum absolute atomic E-state index is 13.0. The van der Waals surface area contributed by atoms with Crippen LogP contribution in [0.1, 0.15) is 5.56 Å². The van der Waals surface area contributed by atoms with E-state index >= 15 is 0 Å². The number of nitrogens with one attached hydrogen (secondary N) is 1. The molecule has 2 heterocycles. The first kappa shape index (κ1) is 13.3. The molecule has 3 aromatic rings. The topological polar surface area (TPSA) is 59.1 Å². The van der Waals surface area contributed by atoms with Crippen molar-refractivity contribution in [1.82, 2.24) is 4.98 Å². The molecule has 0 bridgehead atoms. The average Bonchev–Trinajstić information content (AvgIpc) is 2.99. The third-order valence-corrected chi connectivity index (χ3v) is 5.99. The van der Waals surface area contributed by atoms with E-state index in [1.54, 1.807) is 18.3 Å². The fraction of sp³-hybridized carbons (Fsp3) is 0.118. The highest BCUT2D eigenvalue weighted by atomic mass is 32.2. The minimum absolute atomic E-state index is 0.288. The number of para-hydroxylation sites is 2. The molecule has 110 valence electrons. The third-order valence-electron chi connectivity index (χ3n) is 4.02. The normalized spacial score (nSPS) is 17.2. The van der Waals surface area contributed by atoms with E-state index in [-0.39, 0.29) is 4.90 Å². The Labute approximate surface area is 128 Å². The molecule has 2 aromatic carbocycles. The summed E-state index contributed by atoms with van der Waals surface area (Å²) >= 11 is 0. The molecule has 1 aromatic heterocycles. The summed E-state index contributed by atoms with van der Waals surface area (Å²) in [6.45, 7) is 0. The molecule has 5 heteroatoms. The molecule has 0 fully saturated rings. The second-order valence-electron chi connectivity index (χ2n) is 5.37. The second-order valence-corrected chi connectivity index (χ2v) is 7.47. The molecule has 0 radical (unpaired) electrons. The van der Waals surface area contributed by atoms with Gasteiger partial charge in [0.05, 0.1) is 10.4 Å². The predicted molar refractivity (Wildman–Crippen MR) is 86.5 cm³/mol. The van der Waals surface area contributed by atoms with Crippen LogP contribution in [0, 0.1) is 0 Å². The summed E-state index contributed by atoms with van der Waals surface area (Å²) in [6.07, 6.45) is 2.10. The number of sulfone groups is 1. The van der Waals surface area contributed by atoms with Gasteiger partial charge >= 0.3 is 0 Å². The average molecular weight is 310 g/mol. The number of nitrogens with zero attached hydrogens (tertiary/aromatic N) is 1. The lowest BCUT2D eigenvalue weighted by atomic mass is 10.2. The van der Waals surface area contributed by atoms with Crippen LogP contribution < -0.4 is 5.32 Å². The fourth-order valence-electron chi connectivity index (χ4n) is 2.91. The highest BCUT2D eigenvalue weighted by Crippen LogP contribution is 2.32. The van der Waals surface area contributed by atoms with Crippen LogP contribution in [0.15, 0.2) is 65.7 Å². The molecule has 1 unspecified atom stereocenters. The van der Waals surface area contributed by atoms with Crippen molar-refractivity contribution in [3.05, 3.63) is 66.4 Å². The zero-order valence-electron chi connectivity index (χ0n) is 11.7. The molecular formula is C17H14N2O2S. The first-order valence-corrected chi connectivity index (χ1v) is 8.63. The molecule has 1 atom stereocenters. The molecule has 0 spiro atoms.